The van der Waals surface area contributed by atoms with Crippen LogP contribution in [0, 0.1) is 0 Å². The molecule has 2 atom stereocenters. The number of ether oxygens (including phenoxy) is 1. The fraction of sp³-hybridized carbons (Fsp3) is 0.208. The van der Waals surface area contributed by atoms with Gasteiger partial charge in [-0.2, -0.15) is 4.72 Å². The average molecular weight is 438 g/mol. The first-order chi connectivity index (χ1) is 14.9. The van der Waals surface area contributed by atoms with Crippen LogP contribution in [0.2, 0.25) is 0 Å². The molecule has 1 aliphatic rings. The van der Waals surface area contributed by atoms with Crippen LogP contribution in [0.4, 0.5) is 0 Å². The van der Waals surface area contributed by atoms with E-state index in [2.05, 4.69) is 4.72 Å². The lowest BCUT2D eigenvalue weighted by Gasteiger charge is -2.23. The van der Waals surface area contributed by atoms with Crippen LogP contribution in [0.1, 0.15) is 29.7 Å². The Morgan fingerprint density at radius 1 is 1.00 bits per heavy atom. The van der Waals surface area contributed by atoms with E-state index in [1.807, 2.05) is 24.3 Å². The van der Waals surface area contributed by atoms with Crippen molar-refractivity contribution in [3.05, 3.63) is 89.5 Å². The number of aliphatic hydroxyl groups is 1. The van der Waals surface area contributed by atoms with Crippen LogP contribution in [0.25, 0.3) is 11.1 Å². The van der Waals surface area contributed by atoms with Crippen molar-refractivity contribution in [3.63, 3.8) is 0 Å². The second-order valence-corrected chi connectivity index (χ2v) is 9.07. The van der Waals surface area contributed by atoms with E-state index in [1.54, 1.807) is 49.4 Å². The van der Waals surface area contributed by atoms with E-state index >= 15 is 0 Å². The Morgan fingerprint density at radius 2 is 1.68 bits per heavy atom. The minimum absolute atomic E-state index is 0.0358. The topological polar surface area (TPSA) is 92.7 Å². The lowest BCUT2D eigenvalue weighted by atomic mass is 10.0. The van der Waals surface area contributed by atoms with E-state index in [-0.39, 0.29) is 11.5 Å². The number of carbonyl (C=O) groups excluding carboxylic acids is 1. The Bertz CT molecular complexity index is 1210. The van der Waals surface area contributed by atoms with E-state index in [0.717, 1.165) is 22.3 Å². The predicted octanol–water partition coefficient (Wildman–Crippen LogP) is 3.20. The summed E-state index contributed by atoms with van der Waals surface area (Å²) < 4.78 is 33.6. The molecule has 0 unspecified atom stereocenters. The second kappa shape index (κ2) is 8.63. The molecule has 4 rings (SSSR count). The van der Waals surface area contributed by atoms with E-state index in [0.29, 0.717) is 12.0 Å². The quantitative estimate of drug-likeness (QED) is 0.433. The molecule has 0 aromatic heterocycles. The molecule has 2 N–H and O–H groups in total. The Hall–Kier alpha value is -3.00. The first-order valence-electron chi connectivity index (χ1n) is 10.0. The number of nitrogens with one attached hydrogen (secondary N) is 1. The maximum absolute atomic E-state index is 13.1. The van der Waals surface area contributed by atoms with Crippen LogP contribution in [-0.4, -0.2) is 32.1 Å². The van der Waals surface area contributed by atoms with Gasteiger partial charge in [0.15, 0.2) is 0 Å². The predicted molar refractivity (Wildman–Crippen MR) is 117 cm³/mol. The lowest BCUT2D eigenvalue weighted by molar-refractivity contribution is -0.148. The molecule has 0 radical (unpaired) electrons. The van der Waals surface area contributed by atoms with Crippen LogP contribution >= 0.6 is 0 Å². The third kappa shape index (κ3) is 4.25. The van der Waals surface area contributed by atoms with Crippen molar-refractivity contribution in [2.75, 3.05) is 6.61 Å². The summed E-state index contributed by atoms with van der Waals surface area (Å²) in [5, 5.41) is 10.7. The van der Waals surface area contributed by atoms with Crippen LogP contribution in [0.3, 0.4) is 0 Å². The highest BCUT2D eigenvalue weighted by atomic mass is 32.2. The summed E-state index contributed by atoms with van der Waals surface area (Å²) in [5.41, 5.74) is 4.55. The molecular formula is C24H23NO5S. The molecule has 1 aliphatic carbocycles. The highest BCUT2D eigenvalue weighted by Gasteiger charge is 2.34. The van der Waals surface area contributed by atoms with Crippen LogP contribution in [0.5, 0.6) is 0 Å². The van der Waals surface area contributed by atoms with Gasteiger partial charge in [0.25, 0.3) is 0 Å². The van der Waals surface area contributed by atoms with Crippen molar-refractivity contribution < 1.29 is 23.1 Å². The average Bonchev–Trinajstić information content (AvgIpc) is 3.15. The van der Waals surface area contributed by atoms with Crippen molar-refractivity contribution >= 4 is 16.0 Å². The molecule has 0 amide bonds. The third-order valence-electron chi connectivity index (χ3n) is 5.35. The minimum Gasteiger partial charge on any atom is -0.465 e. The molecular weight excluding hydrogens is 414 g/mol. The number of carbonyl (C=O) groups is 1. The molecule has 0 saturated carbocycles. The molecule has 0 fully saturated rings. The van der Waals surface area contributed by atoms with Gasteiger partial charge in [-0.3, -0.25) is 4.79 Å². The smallest absolute Gasteiger partial charge is 0.327 e. The number of rotatable bonds is 7. The molecule has 0 bridgehead atoms. The molecule has 3 aromatic rings. The van der Waals surface area contributed by atoms with Gasteiger partial charge in [0.2, 0.25) is 10.0 Å². The Labute approximate surface area is 181 Å². The Morgan fingerprint density at radius 3 is 2.42 bits per heavy atom. The monoisotopic (exact) mass is 437 g/mol. The highest BCUT2D eigenvalue weighted by molar-refractivity contribution is 7.89. The fourth-order valence-electron chi connectivity index (χ4n) is 3.84. The van der Waals surface area contributed by atoms with Crippen molar-refractivity contribution in [2.24, 2.45) is 0 Å². The molecule has 0 saturated heterocycles. The van der Waals surface area contributed by atoms with Gasteiger partial charge >= 0.3 is 5.97 Å². The number of sulfonamides is 1. The molecule has 0 aliphatic heterocycles. The zero-order valence-electron chi connectivity index (χ0n) is 17.0. The normalized spacial score (nSPS) is 14.4. The van der Waals surface area contributed by atoms with Gasteiger partial charge in [-0.1, -0.05) is 60.7 Å². The lowest BCUT2D eigenvalue weighted by Crippen LogP contribution is -2.45. The van der Waals surface area contributed by atoms with Gasteiger partial charge in [-0.25, -0.2) is 8.42 Å². The van der Waals surface area contributed by atoms with Crippen molar-refractivity contribution in [1.29, 1.82) is 0 Å². The van der Waals surface area contributed by atoms with Gasteiger partial charge in [0.1, 0.15) is 12.1 Å². The standard InChI is InChI=1S/C24H23NO5S/c1-2-30-24(27)22(23(26)16-8-4-3-5-9-16)25-31(28,29)19-12-13-21-18(15-19)14-17-10-6-7-11-20(17)21/h3-13,15,22-23,25-26H,2,14H2,1H3/t22-,23+/m0/s1. The zero-order valence-corrected chi connectivity index (χ0v) is 17.8. The highest BCUT2D eigenvalue weighted by Crippen LogP contribution is 2.37. The van der Waals surface area contributed by atoms with Gasteiger partial charge < -0.3 is 9.84 Å². The van der Waals surface area contributed by atoms with Crippen molar-refractivity contribution in [2.45, 2.75) is 30.4 Å². The second-order valence-electron chi connectivity index (χ2n) is 7.36. The summed E-state index contributed by atoms with van der Waals surface area (Å²) in [6.45, 7) is 1.69. The SMILES string of the molecule is CCOC(=O)[C@@H](NS(=O)(=O)c1ccc2c(c1)Cc1ccccc1-2)[C@H](O)c1ccccc1. The summed E-state index contributed by atoms with van der Waals surface area (Å²) in [6.07, 6.45) is -0.753. The number of hydrogen-bond acceptors (Lipinski definition) is 5. The summed E-state index contributed by atoms with van der Waals surface area (Å²) in [5.74, 6) is -0.837. The Balaban J connectivity index is 1.64. The number of fused-ring (bicyclic) bond motifs is 3. The first-order valence-corrected chi connectivity index (χ1v) is 11.5. The minimum atomic E-state index is -4.10. The van der Waals surface area contributed by atoms with Gasteiger partial charge in [0, 0.05) is 0 Å². The summed E-state index contributed by atoms with van der Waals surface area (Å²) >= 11 is 0. The molecule has 0 heterocycles. The van der Waals surface area contributed by atoms with E-state index in [1.165, 1.54) is 6.07 Å². The summed E-state index contributed by atoms with van der Waals surface area (Å²) in [7, 11) is -4.10. The molecule has 3 aromatic carbocycles. The van der Waals surface area contributed by atoms with E-state index in [4.69, 9.17) is 4.74 Å². The van der Waals surface area contributed by atoms with Gasteiger partial charge in [-0.15, -0.1) is 0 Å². The molecule has 7 heteroatoms. The summed E-state index contributed by atoms with van der Waals surface area (Å²) in [4.78, 5) is 12.5. The van der Waals surface area contributed by atoms with Crippen molar-refractivity contribution in [1.82, 2.24) is 4.72 Å². The van der Waals surface area contributed by atoms with Crippen LogP contribution in [0.15, 0.2) is 77.7 Å². The number of aliphatic hydroxyl groups excluding tert-OH is 1. The van der Waals surface area contributed by atoms with E-state index < -0.39 is 28.1 Å². The first kappa shape index (κ1) is 21.2. The number of esters is 1. The molecule has 160 valence electrons. The largest absolute Gasteiger partial charge is 0.465 e. The number of benzene rings is 3. The number of hydrogen-bond donors (Lipinski definition) is 2. The third-order valence-corrected chi connectivity index (χ3v) is 6.79. The fourth-order valence-corrected chi connectivity index (χ4v) is 5.08. The van der Waals surface area contributed by atoms with E-state index in [9.17, 15) is 18.3 Å². The van der Waals surface area contributed by atoms with Crippen molar-refractivity contribution in [3.8, 4) is 11.1 Å². The molecule has 31 heavy (non-hydrogen) atoms. The zero-order chi connectivity index (χ0) is 22.0. The van der Waals surface area contributed by atoms with Crippen LogP contribution in [-0.2, 0) is 26.0 Å². The maximum atomic E-state index is 13.1. The molecule has 0 spiro atoms. The van der Waals surface area contributed by atoms with Crippen LogP contribution < -0.4 is 4.72 Å². The van der Waals surface area contributed by atoms with Gasteiger partial charge in [0.05, 0.1) is 11.5 Å². The summed E-state index contributed by atoms with van der Waals surface area (Å²) in [6, 6.07) is 19.8. The van der Waals surface area contributed by atoms with Gasteiger partial charge in [-0.05, 0) is 53.3 Å². The maximum Gasteiger partial charge on any atom is 0.327 e. The molecule has 6 nitrogen and oxygen atoms in total. The Kier molecular flexibility index (Phi) is 5.91.